The number of benzene rings is 2. The third-order valence-corrected chi connectivity index (χ3v) is 5.90. The van der Waals surface area contributed by atoms with Crippen molar-refractivity contribution in [3.05, 3.63) is 53.3 Å². The molecule has 1 atom stereocenters. The quantitative estimate of drug-likeness (QED) is 0.707. The number of hydrogen-bond acceptors (Lipinski definition) is 5. The van der Waals surface area contributed by atoms with Gasteiger partial charge < -0.3 is 15.2 Å². The minimum absolute atomic E-state index is 0.113. The summed E-state index contributed by atoms with van der Waals surface area (Å²) in [6.45, 7) is 3.42. The van der Waals surface area contributed by atoms with Crippen molar-refractivity contribution >= 4 is 11.6 Å². The van der Waals surface area contributed by atoms with E-state index in [1.807, 2.05) is 36.1 Å². The third kappa shape index (κ3) is 3.15. The van der Waals surface area contributed by atoms with E-state index in [0.717, 1.165) is 59.6 Å². The molecular formula is C23H22N6O. The van der Waals surface area contributed by atoms with Crippen LogP contribution in [0.3, 0.4) is 0 Å². The van der Waals surface area contributed by atoms with Gasteiger partial charge in [0, 0.05) is 17.8 Å². The lowest BCUT2D eigenvalue weighted by Gasteiger charge is -2.22. The summed E-state index contributed by atoms with van der Waals surface area (Å²) in [6, 6.07) is 13.8. The number of nitriles is 1. The topological polar surface area (TPSA) is 97.7 Å². The van der Waals surface area contributed by atoms with Crippen molar-refractivity contribution in [3.8, 4) is 28.6 Å². The van der Waals surface area contributed by atoms with Crippen LogP contribution in [0.4, 0.5) is 5.69 Å². The predicted molar refractivity (Wildman–Crippen MR) is 114 cm³/mol. The summed E-state index contributed by atoms with van der Waals surface area (Å²) in [5.41, 5.74) is 5.56. The van der Waals surface area contributed by atoms with Crippen molar-refractivity contribution in [3.63, 3.8) is 0 Å². The van der Waals surface area contributed by atoms with Crippen molar-refractivity contribution in [2.45, 2.75) is 32.2 Å². The number of amides is 1. The first kappa shape index (κ1) is 18.5. The lowest BCUT2D eigenvalue weighted by atomic mass is 9.94. The number of fused-ring (bicyclic) bond motifs is 1. The molecule has 3 aromatic rings. The lowest BCUT2D eigenvalue weighted by molar-refractivity contribution is -0.120. The number of aromatic amines is 1. The molecule has 1 fully saturated rings. The van der Waals surface area contributed by atoms with Crippen molar-refractivity contribution < 1.29 is 4.79 Å². The summed E-state index contributed by atoms with van der Waals surface area (Å²) >= 11 is 0. The van der Waals surface area contributed by atoms with Crippen LogP contribution in [0, 0.1) is 18.3 Å². The van der Waals surface area contributed by atoms with Gasteiger partial charge in [-0.25, -0.2) is 0 Å². The number of rotatable bonds is 3. The molecule has 0 spiro atoms. The maximum Gasteiger partial charge on any atom is 0.244 e. The van der Waals surface area contributed by atoms with Gasteiger partial charge in [-0.3, -0.25) is 4.79 Å². The predicted octanol–water partition coefficient (Wildman–Crippen LogP) is 2.96. The van der Waals surface area contributed by atoms with Crippen LogP contribution in [0.2, 0.25) is 0 Å². The maximum absolute atomic E-state index is 13.2. The van der Waals surface area contributed by atoms with E-state index in [1.54, 1.807) is 6.07 Å². The van der Waals surface area contributed by atoms with E-state index in [9.17, 15) is 10.1 Å². The van der Waals surface area contributed by atoms with Gasteiger partial charge in [0.2, 0.25) is 5.91 Å². The summed E-state index contributed by atoms with van der Waals surface area (Å²) < 4.78 is 0. The molecule has 2 aliphatic rings. The number of carbonyl (C=O) groups excluding carboxylic acids is 1. The molecule has 2 N–H and O–H groups in total. The van der Waals surface area contributed by atoms with Crippen LogP contribution in [0.5, 0.6) is 0 Å². The van der Waals surface area contributed by atoms with Crippen molar-refractivity contribution in [1.29, 1.82) is 5.26 Å². The molecule has 7 nitrogen and oxygen atoms in total. The van der Waals surface area contributed by atoms with Gasteiger partial charge in [0.05, 0.1) is 17.7 Å². The van der Waals surface area contributed by atoms with Crippen molar-refractivity contribution in [2.75, 3.05) is 18.0 Å². The molecule has 2 aliphatic heterocycles. The van der Waals surface area contributed by atoms with Gasteiger partial charge in [0.25, 0.3) is 0 Å². The fourth-order valence-electron chi connectivity index (χ4n) is 4.44. The first-order valence-electron chi connectivity index (χ1n) is 10.3. The highest BCUT2D eigenvalue weighted by molar-refractivity contribution is 6.01. The van der Waals surface area contributed by atoms with Crippen LogP contribution < -0.4 is 10.2 Å². The highest BCUT2D eigenvalue weighted by Crippen LogP contribution is 2.40. The number of carbonyl (C=O) groups is 1. The second-order valence-corrected chi connectivity index (χ2v) is 7.86. The highest BCUT2D eigenvalue weighted by Gasteiger charge is 2.33. The molecule has 1 saturated heterocycles. The Balaban J connectivity index is 1.65. The summed E-state index contributed by atoms with van der Waals surface area (Å²) in [5, 5.41) is 21.0. The number of aromatic nitrogens is 3. The SMILES string of the molecule is Cc1nnc(-c2cc(-c3cccc(C#N)c3)c3c(c2)N(C(=O)C2CCCN2)CC3)[nH]1. The molecule has 1 unspecified atom stereocenters. The molecule has 5 rings (SSSR count). The van der Waals surface area contributed by atoms with Gasteiger partial charge in [-0.15, -0.1) is 10.2 Å². The second-order valence-electron chi connectivity index (χ2n) is 7.86. The zero-order valence-electron chi connectivity index (χ0n) is 16.8. The normalized spacial score (nSPS) is 17.7. The first-order chi connectivity index (χ1) is 14.6. The number of nitrogens with zero attached hydrogens (tertiary/aromatic N) is 4. The van der Waals surface area contributed by atoms with E-state index in [4.69, 9.17) is 0 Å². The fraction of sp³-hybridized carbons (Fsp3) is 0.304. The Labute approximate surface area is 174 Å². The summed E-state index contributed by atoms with van der Waals surface area (Å²) in [7, 11) is 0. The molecule has 150 valence electrons. The standard InChI is InChI=1S/C23H22N6O/c1-14-26-22(28-27-14)17-11-19(16-5-2-4-15(10-16)13-24)18-7-9-29(21(18)12-17)23(30)20-6-3-8-25-20/h2,4-5,10-12,20,25H,3,6-9H2,1H3,(H,26,27,28). The Morgan fingerprint density at radius 2 is 2.13 bits per heavy atom. The minimum atomic E-state index is -0.113. The summed E-state index contributed by atoms with van der Waals surface area (Å²) in [6.07, 6.45) is 2.69. The molecule has 3 heterocycles. The molecule has 0 radical (unpaired) electrons. The van der Waals surface area contributed by atoms with Crippen molar-refractivity contribution in [2.24, 2.45) is 0 Å². The molecule has 30 heavy (non-hydrogen) atoms. The van der Waals surface area contributed by atoms with Gasteiger partial charge >= 0.3 is 0 Å². The van der Waals surface area contributed by atoms with E-state index in [0.29, 0.717) is 17.9 Å². The lowest BCUT2D eigenvalue weighted by Crippen LogP contribution is -2.42. The summed E-state index contributed by atoms with van der Waals surface area (Å²) in [5.74, 6) is 1.54. The monoisotopic (exact) mass is 398 g/mol. The molecule has 1 amide bonds. The van der Waals surface area contributed by atoms with E-state index in [-0.39, 0.29) is 11.9 Å². The molecule has 7 heteroatoms. The maximum atomic E-state index is 13.2. The van der Waals surface area contributed by atoms with E-state index < -0.39 is 0 Å². The average molecular weight is 398 g/mol. The zero-order valence-corrected chi connectivity index (χ0v) is 16.8. The Hall–Kier alpha value is -3.50. The zero-order chi connectivity index (χ0) is 20.7. The Morgan fingerprint density at radius 1 is 1.23 bits per heavy atom. The molecular weight excluding hydrogens is 376 g/mol. The van der Waals surface area contributed by atoms with Crippen LogP contribution in [-0.4, -0.2) is 40.2 Å². The number of aryl methyl sites for hydroxylation is 1. The third-order valence-electron chi connectivity index (χ3n) is 5.90. The van der Waals surface area contributed by atoms with Gasteiger partial charge in [-0.1, -0.05) is 12.1 Å². The van der Waals surface area contributed by atoms with Crippen LogP contribution in [0.1, 0.15) is 29.8 Å². The molecule has 0 saturated carbocycles. The number of anilines is 1. The Bertz CT molecular complexity index is 1170. The van der Waals surface area contributed by atoms with Crippen LogP contribution in [0.15, 0.2) is 36.4 Å². The number of H-pyrrole nitrogens is 1. The largest absolute Gasteiger partial charge is 0.325 e. The Kier molecular flexibility index (Phi) is 4.57. The van der Waals surface area contributed by atoms with Gasteiger partial charge in [0.15, 0.2) is 5.82 Å². The average Bonchev–Trinajstić information content (AvgIpc) is 3.53. The molecule has 2 aromatic carbocycles. The second kappa shape index (κ2) is 7.39. The molecule has 0 bridgehead atoms. The number of nitrogens with one attached hydrogen (secondary N) is 2. The molecule has 0 aliphatic carbocycles. The van der Waals surface area contributed by atoms with E-state index >= 15 is 0 Å². The van der Waals surface area contributed by atoms with Gasteiger partial charge in [-0.2, -0.15) is 5.26 Å². The van der Waals surface area contributed by atoms with Crippen LogP contribution in [-0.2, 0) is 11.2 Å². The van der Waals surface area contributed by atoms with E-state index in [2.05, 4.69) is 32.6 Å². The molecule has 1 aromatic heterocycles. The van der Waals surface area contributed by atoms with Gasteiger partial charge in [-0.05, 0) is 73.7 Å². The fourth-order valence-corrected chi connectivity index (χ4v) is 4.44. The van der Waals surface area contributed by atoms with Crippen LogP contribution >= 0.6 is 0 Å². The van der Waals surface area contributed by atoms with E-state index in [1.165, 1.54) is 0 Å². The van der Waals surface area contributed by atoms with Crippen LogP contribution in [0.25, 0.3) is 22.5 Å². The minimum Gasteiger partial charge on any atom is -0.325 e. The van der Waals surface area contributed by atoms with Crippen molar-refractivity contribution in [1.82, 2.24) is 20.5 Å². The Morgan fingerprint density at radius 3 is 2.87 bits per heavy atom. The van der Waals surface area contributed by atoms with Gasteiger partial charge in [0.1, 0.15) is 5.82 Å². The first-order valence-corrected chi connectivity index (χ1v) is 10.3. The smallest absolute Gasteiger partial charge is 0.244 e. The number of hydrogen-bond donors (Lipinski definition) is 2. The summed E-state index contributed by atoms with van der Waals surface area (Å²) in [4.78, 5) is 18.3. The highest BCUT2D eigenvalue weighted by atomic mass is 16.2.